The molecule has 0 saturated carbocycles. The summed E-state index contributed by atoms with van der Waals surface area (Å²) in [6, 6.07) is 11.0. The zero-order valence-electron chi connectivity index (χ0n) is 12.4. The van der Waals surface area contributed by atoms with E-state index in [1.165, 1.54) is 11.8 Å². The van der Waals surface area contributed by atoms with E-state index in [9.17, 15) is 4.79 Å². The minimum atomic E-state index is -0.109. The molecule has 0 spiro atoms. The van der Waals surface area contributed by atoms with Gasteiger partial charge in [0.05, 0.1) is 12.9 Å². The van der Waals surface area contributed by atoms with Crippen LogP contribution >= 0.6 is 11.8 Å². The third-order valence-corrected chi connectivity index (χ3v) is 3.98. The number of hydrogen-bond acceptors (Lipinski definition) is 5. The summed E-state index contributed by atoms with van der Waals surface area (Å²) in [5.74, 6) is 0.880. The second-order valence-electron chi connectivity index (χ2n) is 4.59. The summed E-state index contributed by atoms with van der Waals surface area (Å²) in [4.78, 5) is 12.0. The maximum atomic E-state index is 12.0. The molecule has 7 nitrogen and oxygen atoms in total. The van der Waals surface area contributed by atoms with Crippen molar-refractivity contribution in [1.29, 1.82) is 0 Å². The summed E-state index contributed by atoms with van der Waals surface area (Å²) in [6.07, 6.45) is 5.36. The minimum Gasteiger partial charge on any atom is -0.497 e. The van der Waals surface area contributed by atoms with E-state index >= 15 is 0 Å². The van der Waals surface area contributed by atoms with Gasteiger partial charge in [0, 0.05) is 18.1 Å². The highest BCUT2D eigenvalue weighted by Crippen LogP contribution is 2.17. The fraction of sp³-hybridized carbons (Fsp3) is 0.133. The molecule has 0 aliphatic carbocycles. The Hall–Kier alpha value is -2.74. The molecule has 2 heterocycles. The highest BCUT2D eigenvalue weighted by molar-refractivity contribution is 7.99. The van der Waals surface area contributed by atoms with Gasteiger partial charge in [-0.1, -0.05) is 11.8 Å². The van der Waals surface area contributed by atoms with Crippen molar-refractivity contribution in [1.82, 2.24) is 19.5 Å². The third kappa shape index (κ3) is 3.72. The van der Waals surface area contributed by atoms with Crippen molar-refractivity contribution in [2.75, 3.05) is 18.2 Å². The SMILES string of the molecule is COc1ccc(NC(=O)CSc2nncn2-n2cccc2)cc1. The molecule has 1 N–H and O–H groups in total. The lowest BCUT2D eigenvalue weighted by Crippen LogP contribution is -2.15. The molecule has 2 aromatic heterocycles. The van der Waals surface area contributed by atoms with Crippen LogP contribution in [0.15, 0.2) is 60.3 Å². The Bertz CT molecular complexity index is 768. The van der Waals surface area contributed by atoms with E-state index in [0.717, 1.165) is 11.4 Å². The number of anilines is 1. The van der Waals surface area contributed by atoms with Crippen LogP contribution in [0.5, 0.6) is 5.75 Å². The maximum Gasteiger partial charge on any atom is 0.234 e. The van der Waals surface area contributed by atoms with E-state index < -0.39 is 0 Å². The van der Waals surface area contributed by atoms with Gasteiger partial charge < -0.3 is 10.1 Å². The Balaban J connectivity index is 1.58. The van der Waals surface area contributed by atoms with Crippen LogP contribution in [0.1, 0.15) is 0 Å². The van der Waals surface area contributed by atoms with Gasteiger partial charge in [-0.2, -0.15) is 0 Å². The van der Waals surface area contributed by atoms with Gasteiger partial charge in [-0.15, -0.1) is 10.2 Å². The van der Waals surface area contributed by atoms with Gasteiger partial charge in [0.1, 0.15) is 12.1 Å². The van der Waals surface area contributed by atoms with E-state index in [1.54, 1.807) is 42.4 Å². The number of carbonyl (C=O) groups excluding carboxylic acids is 1. The molecule has 23 heavy (non-hydrogen) atoms. The average molecular weight is 329 g/mol. The Morgan fingerprint density at radius 1 is 1.26 bits per heavy atom. The third-order valence-electron chi connectivity index (χ3n) is 3.04. The van der Waals surface area contributed by atoms with Crippen molar-refractivity contribution in [2.24, 2.45) is 0 Å². The molecule has 1 aromatic carbocycles. The van der Waals surface area contributed by atoms with Gasteiger partial charge in [0.2, 0.25) is 11.1 Å². The first-order chi connectivity index (χ1) is 11.3. The number of carbonyl (C=O) groups is 1. The first-order valence-electron chi connectivity index (χ1n) is 6.86. The molecule has 118 valence electrons. The van der Waals surface area contributed by atoms with Gasteiger partial charge in [0.15, 0.2) is 0 Å². The average Bonchev–Trinajstić information content (AvgIpc) is 3.24. The predicted octanol–water partition coefficient (Wildman–Crippen LogP) is 2.13. The standard InChI is InChI=1S/C15H15N5O2S/c1-22-13-6-4-12(5-7-13)17-14(21)10-23-15-18-16-11-20(15)19-8-2-3-9-19/h2-9,11H,10H2,1H3,(H,17,21). The van der Waals surface area contributed by atoms with Crippen molar-refractivity contribution in [2.45, 2.75) is 5.16 Å². The summed E-state index contributed by atoms with van der Waals surface area (Å²) in [5.41, 5.74) is 0.725. The summed E-state index contributed by atoms with van der Waals surface area (Å²) < 4.78 is 8.69. The number of methoxy groups -OCH3 is 1. The van der Waals surface area contributed by atoms with Gasteiger partial charge >= 0.3 is 0 Å². The summed E-state index contributed by atoms with van der Waals surface area (Å²) in [6.45, 7) is 0. The Morgan fingerprint density at radius 2 is 2.00 bits per heavy atom. The van der Waals surface area contributed by atoms with Gasteiger partial charge in [-0.05, 0) is 36.4 Å². The van der Waals surface area contributed by atoms with Gasteiger partial charge in [-0.3, -0.25) is 9.47 Å². The number of amides is 1. The Morgan fingerprint density at radius 3 is 2.70 bits per heavy atom. The molecule has 0 radical (unpaired) electrons. The number of nitrogens with zero attached hydrogens (tertiary/aromatic N) is 4. The molecule has 1 amide bonds. The molecule has 8 heteroatoms. The fourth-order valence-electron chi connectivity index (χ4n) is 1.94. The van der Waals surface area contributed by atoms with Crippen LogP contribution in [0, 0.1) is 0 Å². The molecule has 0 aliphatic heterocycles. The molecule has 0 unspecified atom stereocenters. The van der Waals surface area contributed by atoms with Crippen LogP contribution in [0.3, 0.4) is 0 Å². The number of nitrogens with one attached hydrogen (secondary N) is 1. The highest BCUT2D eigenvalue weighted by atomic mass is 32.2. The molecule has 3 aromatic rings. The molecule has 0 aliphatic rings. The largest absolute Gasteiger partial charge is 0.497 e. The Kier molecular flexibility index (Phi) is 4.62. The zero-order valence-corrected chi connectivity index (χ0v) is 13.2. The lowest BCUT2D eigenvalue weighted by atomic mass is 10.3. The summed E-state index contributed by atoms with van der Waals surface area (Å²) >= 11 is 1.32. The van der Waals surface area contributed by atoms with Crippen molar-refractivity contribution >= 4 is 23.4 Å². The second kappa shape index (κ2) is 7.01. The van der Waals surface area contributed by atoms with Crippen molar-refractivity contribution in [3.63, 3.8) is 0 Å². The quantitative estimate of drug-likeness (QED) is 0.701. The normalized spacial score (nSPS) is 10.5. The molecular formula is C15H15N5O2S. The highest BCUT2D eigenvalue weighted by Gasteiger charge is 2.10. The van der Waals surface area contributed by atoms with Crippen LogP contribution in [0.2, 0.25) is 0 Å². The first kappa shape index (κ1) is 15.2. The van der Waals surface area contributed by atoms with Crippen molar-refractivity contribution < 1.29 is 9.53 Å². The van der Waals surface area contributed by atoms with Crippen LogP contribution in [0.4, 0.5) is 5.69 Å². The molecule has 0 bridgehead atoms. The van der Waals surface area contributed by atoms with E-state index in [4.69, 9.17) is 4.74 Å². The second-order valence-corrected chi connectivity index (χ2v) is 5.53. The number of thioether (sulfide) groups is 1. The first-order valence-corrected chi connectivity index (χ1v) is 7.85. The number of rotatable bonds is 6. The number of benzene rings is 1. The monoisotopic (exact) mass is 329 g/mol. The van der Waals surface area contributed by atoms with E-state index in [0.29, 0.717) is 5.16 Å². The summed E-state index contributed by atoms with van der Waals surface area (Å²) in [5, 5.41) is 11.4. The van der Waals surface area contributed by atoms with Crippen LogP contribution < -0.4 is 10.1 Å². The molecular weight excluding hydrogens is 314 g/mol. The number of ether oxygens (including phenoxy) is 1. The van der Waals surface area contributed by atoms with Crippen LogP contribution in [0.25, 0.3) is 0 Å². The summed E-state index contributed by atoms with van der Waals surface area (Å²) in [7, 11) is 1.60. The molecule has 0 saturated heterocycles. The molecule has 3 rings (SSSR count). The smallest absolute Gasteiger partial charge is 0.234 e. The zero-order chi connectivity index (χ0) is 16.1. The molecule has 0 fully saturated rings. The predicted molar refractivity (Wildman–Crippen MR) is 87.6 cm³/mol. The van der Waals surface area contributed by atoms with Crippen LogP contribution in [-0.4, -0.2) is 38.3 Å². The Labute approximate surface area is 137 Å². The lowest BCUT2D eigenvalue weighted by molar-refractivity contribution is -0.113. The number of aromatic nitrogens is 4. The van der Waals surface area contributed by atoms with Crippen molar-refractivity contribution in [3.05, 3.63) is 55.1 Å². The van der Waals surface area contributed by atoms with E-state index in [-0.39, 0.29) is 11.7 Å². The maximum absolute atomic E-state index is 12.0. The van der Waals surface area contributed by atoms with Crippen LogP contribution in [-0.2, 0) is 4.79 Å². The van der Waals surface area contributed by atoms with Gasteiger partial charge in [-0.25, -0.2) is 4.68 Å². The molecule has 0 atom stereocenters. The topological polar surface area (TPSA) is 74.0 Å². The number of hydrogen-bond donors (Lipinski definition) is 1. The van der Waals surface area contributed by atoms with E-state index in [1.807, 2.05) is 29.2 Å². The lowest BCUT2D eigenvalue weighted by Gasteiger charge is -2.08. The fourth-order valence-corrected chi connectivity index (χ4v) is 2.65. The van der Waals surface area contributed by atoms with Gasteiger partial charge in [0.25, 0.3) is 0 Å². The minimum absolute atomic E-state index is 0.109. The van der Waals surface area contributed by atoms with E-state index in [2.05, 4.69) is 15.5 Å². The van der Waals surface area contributed by atoms with Crippen molar-refractivity contribution in [3.8, 4) is 5.75 Å².